The molecule has 3 aliphatic carbocycles. The summed E-state index contributed by atoms with van der Waals surface area (Å²) in [7, 11) is 0. The highest BCUT2D eigenvalue weighted by atomic mass is 19.1. The zero-order valence-electron chi connectivity index (χ0n) is 13.9. The van der Waals surface area contributed by atoms with Gasteiger partial charge in [0.05, 0.1) is 12.2 Å². The van der Waals surface area contributed by atoms with Crippen LogP contribution in [0, 0.1) is 17.2 Å². The number of carbonyl (C=O) groups excluding carboxylic acids is 1. The van der Waals surface area contributed by atoms with E-state index < -0.39 is 5.82 Å². The Morgan fingerprint density at radius 1 is 1.17 bits per heavy atom. The Labute approximate surface area is 137 Å². The van der Waals surface area contributed by atoms with E-state index in [4.69, 9.17) is 4.74 Å². The largest absolute Gasteiger partial charge is 0.493 e. The molecule has 124 valence electrons. The Morgan fingerprint density at radius 2 is 1.87 bits per heavy atom. The molecule has 1 spiro atoms. The molecule has 4 rings (SSSR count). The fraction of sp³-hybridized carbons (Fsp3) is 0.650. The van der Waals surface area contributed by atoms with Gasteiger partial charge in [-0.25, -0.2) is 4.39 Å². The Balaban J connectivity index is 1.45. The Morgan fingerprint density at radius 3 is 2.43 bits per heavy atom. The van der Waals surface area contributed by atoms with Crippen LogP contribution in [-0.4, -0.2) is 12.4 Å². The van der Waals surface area contributed by atoms with Crippen molar-refractivity contribution in [2.75, 3.05) is 6.61 Å². The summed E-state index contributed by atoms with van der Waals surface area (Å²) >= 11 is 0. The van der Waals surface area contributed by atoms with E-state index in [0.717, 1.165) is 18.4 Å². The molecule has 3 fully saturated rings. The smallest absolute Gasteiger partial charge is 0.162 e. The number of rotatable bonds is 5. The zero-order chi connectivity index (χ0) is 16.0. The van der Waals surface area contributed by atoms with Crippen molar-refractivity contribution >= 4 is 5.78 Å². The number of Topliss-reactive ketones (excluding diaryl/α,β-unsaturated/α-hetero) is 1. The molecule has 0 unspecified atom stereocenters. The molecule has 2 nitrogen and oxygen atoms in total. The minimum absolute atomic E-state index is 0.201. The van der Waals surface area contributed by atoms with Gasteiger partial charge >= 0.3 is 0 Å². The van der Waals surface area contributed by atoms with Crippen LogP contribution in [0.4, 0.5) is 4.39 Å². The van der Waals surface area contributed by atoms with Gasteiger partial charge in [-0.1, -0.05) is 0 Å². The molecule has 0 aliphatic heterocycles. The van der Waals surface area contributed by atoms with Gasteiger partial charge in [-0.05, 0) is 87.2 Å². The highest BCUT2D eigenvalue weighted by molar-refractivity contribution is 5.94. The van der Waals surface area contributed by atoms with Gasteiger partial charge in [0.2, 0.25) is 0 Å². The minimum Gasteiger partial charge on any atom is -0.493 e. The fourth-order valence-corrected chi connectivity index (χ4v) is 4.02. The Kier molecular flexibility index (Phi) is 3.70. The van der Waals surface area contributed by atoms with Gasteiger partial charge in [-0.15, -0.1) is 0 Å². The summed E-state index contributed by atoms with van der Waals surface area (Å²) in [6.07, 6.45) is 10.2. The number of benzene rings is 1. The van der Waals surface area contributed by atoms with Crippen LogP contribution in [0.15, 0.2) is 12.1 Å². The molecule has 3 aliphatic rings. The zero-order valence-corrected chi connectivity index (χ0v) is 13.9. The minimum atomic E-state index is -0.447. The van der Waals surface area contributed by atoms with Crippen LogP contribution in [0.3, 0.4) is 0 Å². The maximum atomic E-state index is 14.1. The molecule has 0 heterocycles. The number of carbonyl (C=O) groups is 1. The maximum absolute atomic E-state index is 14.1. The number of hydrogen-bond donors (Lipinski definition) is 0. The van der Waals surface area contributed by atoms with Crippen molar-refractivity contribution in [3.8, 4) is 5.75 Å². The lowest BCUT2D eigenvalue weighted by Crippen LogP contribution is -2.21. The van der Waals surface area contributed by atoms with E-state index >= 15 is 0 Å². The molecule has 0 atom stereocenters. The molecular weight excluding hydrogens is 291 g/mol. The van der Waals surface area contributed by atoms with Gasteiger partial charge < -0.3 is 4.74 Å². The van der Waals surface area contributed by atoms with E-state index in [-0.39, 0.29) is 11.3 Å². The summed E-state index contributed by atoms with van der Waals surface area (Å²) in [4.78, 5) is 11.6. The summed E-state index contributed by atoms with van der Waals surface area (Å²) in [5.74, 6) is 1.06. The van der Waals surface area contributed by atoms with E-state index in [9.17, 15) is 9.18 Å². The first-order valence-corrected chi connectivity index (χ1v) is 9.03. The van der Waals surface area contributed by atoms with E-state index in [1.165, 1.54) is 51.5 Å². The number of halogens is 1. The second kappa shape index (κ2) is 5.61. The van der Waals surface area contributed by atoms with Crippen molar-refractivity contribution in [2.24, 2.45) is 11.3 Å². The van der Waals surface area contributed by atoms with E-state index in [1.807, 2.05) is 0 Å². The molecule has 0 amide bonds. The first kappa shape index (κ1) is 15.2. The molecule has 3 heteroatoms. The molecule has 0 aromatic heterocycles. The Hall–Kier alpha value is -1.38. The molecule has 0 bridgehead atoms. The lowest BCUT2D eigenvalue weighted by Gasteiger charge is -2.28. The van der Waals surface area contributed by atoms with Crippen LogP contribution in [0.5, 0.6) is 5.75 Å². The first-order chi connectivity index (χ1) is 11.1. The summed E-state index contributed by atoms with van der Waals surface area (Å²) in [5, 5.41) is 0. The van der Waals surface area contributed by atoms with Crippen molar-refractivity contribution in [2.45, 2.75) is 64.2 Å². The third kappa shape index (κ3) is 3.15. The van der Waals surface area contributed by atoms with Crippen LogP contribution in [0.25, 0.3) is 0 Å². The van der Waals surface area contributed by atoms with Gasteiger partial charge in [0.25, 0.3) is 0 Å². The van der Waals surface area contributed by atoms with Crippen LogP contribution in [0.1, 0.15) is 80.1 Å². The van der Waals surface area contributed by atoms with Crippen molar-refractivity contribution in [3.05, 3.63) is 29.1 Å². The molecule has 0 N–H and O–H groups in total. The topological polar surface area (TPSA) is 26.3 Å². The second-order valence-corrected chi connectivity index (χ2v) is 7.95. The monoisotopic (exact) mass is 316 g/mol. The third-order valence-corrected chi connectivity index (χ3v) is 6.09. The van der Waals surface area contributed by atoms with E-state index in [2.05, 4.69) is 0 Å². The number of ketones is 1. The second-order valence-electron chi connectivity index (χ2n) is 7.95. The van der Waals surface area contributed by atoms with E-state index in [1.54, 1.807) is 6.07 Å². The predicted molar refractivity (Wildman–Crippen MR) is 87.5 cm³/mol. The normalized spacial score (nSPS) is 23.0. The lowest BCUT2D eigenvalue weighted by molar-refractivity contribution is 0.101. The quantitative estimate of drug-likeness (QED) is 0.693. The van der Waals surface area contributed by atoms with Crippen LogP contribution < -0.4 is 4.74 Å². The van der Waals surface area contributed by atoms with Crippen molar-refractivity contribution in [3.63, 3.8) is 0 Å². The summed E-state index contributed by atoms with van der Waals surface area (Å²) in [6.45, 7) is 2.11. The summed E-state index contributed by atoms with van der Waals surface area (Å²) in [5.41, 5.74) is 1.93. The van der Waals surface area contributed by atoms with Gasteiger partial charge in [-0.3, -0.25) is 4.79 Å². The van der Waals surface area contributed by atoms with Crippen molar-refractivity contribution in [1.29, 1.82) is 0 Å². The van der Waals surface area contributed by atoms with Gasteiger partial charge in [0, 0.05) is 6.07 Å². The SMILES string of the molecule is CC(=O)c1cc(C2CC2)c(OCC2CCC3(CC2)CC3)cc1F. The average molecular weight is 316 g/mol. The van der Waals surface area contributed by atoms with Crippen molar-refractivity contribution < 1.29 is 13.9 Å². The standard InChI is InChI=1S/C20H25FO2/c1-13(22)16-10-17(15-2-3-15)19(11-18(16)21)23-12-14-4-6-20(7-5-14)8-9-20/h10-11,14-15H,2-9,12H2,1H3. The van der Waals surface area contributed by atoms with Crippen molar-refractivity contribution in [1.82, 2.24) is 0 Å². The number of ether oxygens (including phenoxy) is 1. The van der Waals surface area contributed by atoms with Crippen LogP contribution in [-0.2, 0) is 0 Å². The molecular formula is C20H25FO2. The van der Waals surface area contributed by atoms with Crippen LogP contribution >= 0.6 is 0 Å². The molecule has 0 saturated heterocycles. The first-order valence-electron chi connectivity index (χ1n) is 9.03. The molecule has 0 radical (unpaired) electrons. The Bertz CT molecular complexity index is 619. The van der Waals surface area contributed by atoms with Gasteiger partial charge in [0.1, 0.15) is 11.6 Å². The average Bonchev–Trinajstić information content (AvgIpc) is 3.43. The molecule has 23 heavy (non-hydrogen) atoms. The molecule has 3 saturated carbocycles. The van der Waals surface area contributed by atoms with Gasteiger partial charge in [0.15, 0.2) is 5.78 Å². The number of hydrogen-bond acceptors (Lipinski definition) is 2. The highest BCUT2D eigenvalue weighted by Gasteiger charge is 2.44. The summed E-state index contributed by atoms with van der Waals surface area (Å²) in [6, 6.07) is 3.17. The fourth-order valence-electron chi connectivity index (χ4n) is 4.02. The maximum Gasteiger partial charge on any atom is 0.162 e. The van der Waals surface area contributed by atoms with Crippen LogP contribution in [0.2, 0.25) is 0 Å². The molecule has 1 aromatic carbocycles. The van der Waals surface area contributed by atoms with Gasteiger partial charge in [-0.2, -0.15) is 0 Å². The lowest BCUT2D eigenvalue weighted by atomic mass is 9.80. The highest BCUT2D eigenvalue weighted by Crippen LogP contribution is 2.57. The third-order valence-electron chi connectivity index (χ3n) is 6.09. The predicted octanol–water partition coefficient (Wildman–Crippen LogP) is 5.25. The summed E-state index contributed by atoms with van der Waals surface area (Å²) < 4.78 is 20.2. The molecule has 1 aromatic rings. The van der Waals surface area contributed by atoms with E-state index in [0.29, 0.717) is 29.6 Å².